The van der Waals surface area contributed by atoms with E-state index in [2.05, 4.69) is 23.9 Å². The molecule has 24 heavy (non-hydrogen) atoms. The zero-order valence-corrected chi connectivity index (χ0v) is 15.5. The molecule has 2 aliphatic carbocycles. The summed E-state index contributed by atoms with van der Waals surface area (Å²) in [5.74, 6) is 1.55. The Kier molecular flexibility index (Phi) is 4.48. The van der Waals surface area contributed by atoms with Crippen LogP contribution in [0.3, 0.4) is 0 Å². The molecule has 1 saturated carbocycles. The summed E-state index contributed by atoms with van der Waals surface area (Å²) in [6.07, 6.45) is 9.88. The molecule has 5 heteroatoms. The van der Waals surface area contributed by atoms with E-state index in [1.807, 2.05) is 0 Å². The first-order chi connectivity index (χ1) is 11.6. The van der Waals surface area contributed by atoms with E-state index in [1.165, 1.54) is 49.0 Å². The number of aromatic nitrogens is 2. The monoisotopic (exact) mass is 345 g/mol. The predicted octanol–water partition coefficient (Wildman–Crippen LogP) is 3.87. The summed E-state index contributed by atoms with van der Waals surface area (Å²) in [6.45, 7) is 3.05. The summed E-state index contributed by atoms with van der Waals surface area (Å²) in [5.41, 5.74) is 1.34. The van der Waals surface area contributed by atoms with Gasteiger partial charge < -0.3 is 4.98 Å². The lowest BCUT2D eigenvalue weighted by atomic mass is 9.89. The number of aromatic amines is 1. The Morgan fingerprint density at radius 3 is 2.83 bits per heavy atom. The highest BCUT2D eigenvalue weighted by Gasteiger charge is 2.24. The van der Waals surface area contributed by atoms with Gasteiger partial charge >= 0.3 is 0 Å². The molecule has 130 valence electrons. The molecular formula is C19H27N3OS. The van der Waals surface area contributed by atoms with Crippen LogP contribution in [0.2, 0.25) is 0 Å². The molecule has 0 unspecified atom stereocenters. The van der Waals surface area contributed by atoms with Gasteiger partial charge in [0.05, 0.1) is 11.9 Å². The molecule has 0 aliphatic heterocycles. The Labute approximate surface area is 147 Å². The lowest BCUT2D eigenvalue weighted by Crippen LogP contribution is -2.34. The molecule has 0 bridgehead atoms. The third-order valence-corrected chi connectivity index (χ3v) is 6.96. The van der Waals surface area contributed by atoms with Crippen molar-refractivity contribution in [3.8, 4) is 0 Å². The Morgan fingerprint density at radius 1 is 1.25 bits per heavy atom. The van der Waals surface area contributed by atoms with Crippen LogP contribution in [-0.2, 0) is 19.4 Å². The molecule has 0 spiro atoms. The van der Waals surface area contributed by atoms with E-state index in [4.69, 9.17) is 4.98 Å². The molecule has 4 rings (SSSR count). The summed E-state index contributed by atoms with van der Waals surface area (Å²) in [5, 5.41) is 0.867. The van der Waals surface area contributed by atoms with Gasteiger partial charge in [-0.25, -0.2) is 4.98 Å². The third kappa shape index (κ3) is 3.04. The first kappa shape index (κ1) is 16.3. The molecule has 2 aliphatic rings. The first-order valence-electron chi connectivity index (χ1n) is 9.35. The number of hydrogen-bond donors (Lipinski definition) is 1. The fourth-order valence-corrected chi connectivity index (χ4v) is 5.76. The lowest BCUT2D eigenvalue weighted by Gasteiger charge is -2.30. The van der Waals surface area contributed by atoms with Gasteiger partial charge in [-0.2, -0.15) is 0 Å². The minimum atomic E-state index is 0.0686. The van der Waals surface area contributed by atoms with Crippen molar-refractivity contribution in [3.05, 3.63) is 26.6 Å². The number of fused-ring (bicyclic) bond motifs is 3. The molecule has 2 heterocycles. The topological polar surface area (TPSA) is 49.0 Å². The summed E-state index contributed by atoms with van der Waals surface area (Å²) < 4.78 is 0. The minimum absolute atomic E-state index is 0.0686. The van der Waals surface area contributed by atoms with E-state index in [0.29, 0.717) is 6.04 Å². The van der Waals surface area contributed by atoms with Crippen LogP contribution in [0.1, 0.15) is 61.7 Å². The van der Waals surface area contributed by atoms with E-state index >= 15 is 0 Å². The fourth-order valence-electron chi connectivity index (χ4n) is 4.36. The van der Waals surface area contributed by atoms with Gasteiger partial charge in [-0.05, 0) is 50.6 Å². The number of nitrogens with one attached hydrogen (secondary N) is 1. The zero-order valence-electron chi connectivity index (χ0n) is 14.7. The van der Waals surface area contributed by atoms with E-state index < -0.39 is 0 Å². The van der Waals surface area contributed by atoms with Crippen LogP contribution in [0.25, 0.3) is 10.2 Å². The van der Waals surface area contributed by atoms with Gasteiger partial charge in [0.2, 0.25) is 0 Å². The van der Waals surface area contributed by atoms with Crippen molar-refractivity contribution in [2.75, 3.05) is 7.05 Å². The molecule has 2 aromatic rings. The normalized spacial score (nSPS) is 22.2. The van der Waals surface area contributed by atoms with Gasteiger partial charge in [-0.15, -0.1) is 11.3 Å². The van der Waals surface area contributed by atoms with E-state index in [0.717, 1.165) is 41.3 Å². The highest BCUT2D eigenvalue weighted by Crippen LogP contribution is 2.35. The quantitative estimate of drug-likeness (QED) is 0.918. The van der Waals surface area contributed by atoms with E-state index in [9.17, 15) is 4.79 Å². The second kappa shape index (κ2) is 6.60. The maximum absolute atomic E-state index is 12.7. The molecule has 4 nitrogen and oxygen atoms in total. The molecule has 1 atom stereocenters. The molecule has 0 radical (unpaired) electrons. The number of rotatable bonds is 3. The second-order valence-corrected chi connectivity index (χ2v) is 8.84. The maximum atomic E-state index is 12.7. The highest BCUT2D eigenvalue weighted by atomic mass is 32.1. The SMILES string of the molecule is C[C@@H]1CCc2c(sc3nc(CN(C)C4CCCCC4)[nH]c(=O)c23)C1. The van der Waals surface area contributed by atoms with Crippen LogP contribution in [0.15, 0.2) is 4.79 Å². The summed E-state index contributed by atoms with van der Waals surface area (Å²) >= 11 is 1.74. The molecule has 2 aromatic heterocycles. The van der Waals surface area contributed by atoms with Gasteiger partial charge in [0.1, 0.15) is 10.7 Å². The molecule has 0 amide bonds. The van der Waals surface area contributed by atoms with Crippen molar-refractivity contribution in [1.29, 1.82) is 0 Å². The van der Waals surface area contributed by atoms with E-state index in [-0.39, 0.29) is 5.56 Å². The van der Waals surface area contributed by atoms with Gasteiger partial charge in [0, 0.05) is 10.9 Å². The average molecular weight is 346 g/mol. The average Bonchev–Trinajstić information content (AvgIpc) is 2.93. The van der Waals surface area contributed by atoms with Crippen molar-refractivity contribution in [1.82, 2.24) is 14.9 Å². The van der Waals surface area contributed by atoms with Crippen molar-refractivity contribution in [2.45, 2.75) is 70.9 Å². The predicted molar refractivity (Wildman–Crippen MR) is 99.8 cm³/mol. The largest absolute Gasteiger partial charge is 0.309 e. The Balaban J connectivity index is 1.62. The summed E-state index contributed by atoms with van der Waals surface area (Å²) in [6, 6.07) is 0.636. The van der Waals surface area contributed by atoms with Gasteiger partial charge in [-0.1, -0.05) is 26.2 Å². The Bertz CT molecular complexity index is 788. The minimum Gasteiger partial charge on any atom is -0.309 e. The summed E-state index contributed by atoms with van der Waals surface area (Å²) in [7, 11) is 2.17. The number of aryl methyl sites for hydroxylation is 1. The van der Waals surface area contributed by atoms with Gasteiger partial charge in [0.15, 0.2) is 0 Å². The van der Waals surface area contributed by atoms with Crippen molar-refractivity contribution in [2.24, 2.45) is 5.92 Å². The number of H-pyrrole nitrogens is 1. The van der Waals surface area contributed by atoms with Crippen LogP contribution in [0.4, 0.5) is 0 Å². The Hall–Kier alpha value is -1.20. The maximum Gasteiger partial charge on any atom is 0.259 e. The van der Waals surface area contributed by atoms with Crippen LogP contribution in [-0.4, -0.2) is 28.0 Å². The molecule has 0 saturated heterocycles. The standard InChI is InChI=1S/C19H27N3OS/c1-12-8-9-14-15(10-12)24-19-17(14)18(23)20-16(21-19)11-22(2)13-6-4-3-5-7-13/h12-13H,3-11H2,1-2H3,(H,20,21,23)/t12-/m1/s1. The molecule has 0 aromatic carbocycles. The van der Waals surface area contributed by atoms with Crippen molar-refractivity contribution >= 4 is 21.6 Å². The van der Waals surface area contributed by atoms with Crippen LogP contribution < -0.4 is 5.56 Å². The highest BCUT2D eigenvalue weighted by molar-refractivity contribution is 7.18. The first-order valence-corrected chi connectivity index (χ1v) is 10.2. The van der Waals surface area contributed by atoms with Crippen LogP contribution >= 0.6 is 11.3 Å². The van der Waals surface area contributed by atoms with E-state index in [1.54, 1.807) is 11.3 Å². The fraction of sp³-hybridized carbons (Fsp3) is 0.684. The van der Waals surface area contributed by atoms with Crippen molar-refractivity contribution < 1.29 is 0 Å². The number of thiophene rings is 1. The molecular weight excluding hydrogens is 318 g/mol. The second-order valence-electron chi connectivity index (χ2n) is 7.75. The number of hydrogen-bond acceptors (Lipinski definition) is 4. The number of nitrogens with zero attached hydrogens (tertiary/aromatic N) is 2. The van der Waals surface area contributed by atoms with Crippen molar-refractivity contribution in [3.63, 3.8) is 0 Å². The smallest absolute Gasteiger partial charge is 0.259 e. The van der Waals surface area contributed by atoms with Gasteiger partial charge in [-0.3, -0.25) is 9.69 Å². The van der Waals surface area contributed by atoms with Crippen LogP contribution in [0, 0.1) is 5.92 Å². The molecule has 1 fully saturated rings. The molecule has 1 N–H and O–H groups in total. The zero-order chi connectivity index (χ0) is 16.7. The summed E-state index contributed by atoms with van der Waals surface area (Å²) in [4.78, 5) is 25.3. The van der Waals surface area contributed by atoms with Crippen LogP contribution in [0.5, 0.6) is 0 Å². The Morgan fingerprint density at radius 2 is 2.04 bits per heavy atom. The third-order valence-electron chi connectivity index (χ3n) is 5.81. The lowest BCUT2D eigenvalue weighted by molar-refractivity contribution is 0.181. The van der Waals surface area contributed by atoms with Gasteiger partial charge in [0.25, 0.3) is 5.56 Å².